The first-order valence-corrected chi connectivity index (χ1v) is 10.2. The number of rotatable bonds is 5. The van der Waals surface area contributed by atoms with Gasteiger partial charge in [-0.3, -0.25) is 24.6 Å². The molecular formula is C21H22N2O4S. The summed E-state index contributed by atoms with van der Waals surface area (Å²) in [5, 5.41) is 5.31. The molecule has 1 N–H and O–H groups in total. The van der Waals surface area contributed by atoms with E-state index in [4.69, 9.17) is 4.74 Å². The fraction of sp³-hybridized carbons (Fsp3) is 0.381. The van der Waals surface area contributed by atoms with E-state index < -0.39 is 29.4 Å². The Labute approximate surface area is 167 Å². The van der Waals surface area contributed by atoms with E-state index in [0.717, 1.165) is 10.4 Å². The van der Waals surface area contributed by atoms with Gasteiger partial charge in [-0.15, -0.1) is 11.3 Å². The molecule has 7 heteroatoms. The van der Waals surface area contributed by atoms with E-state index in [9.17, 15) is 14.4 Å². The number of hydrogen-bond acceptors (Lipinski definition) is 6. The number of ether oxygens (including phenoxy) is 1. The lowest BCUT2D eigenvalue weighted by molar-refractivity contribution is -0.154. The van der Waals surface area contributed by atoms with Crippen molar-refractivity contribution in [1.29, 1.82) is 0 Å². The summed E-state index contributed by atoms with van der Waals surface area (Å²) in [7, 11) is 1.32. The number of fused-ring (bicyclic) bond motifs is 1. The van der Waals surface area contributed by atoms with E-state index in [-0.39, 0.29) is 18.2 Å². The van der Waals surface area contributed by atoms with E-state index in [1.54, 1.807) is 6.92 Å². The third-order valence-corrected chi connectivity index (χ3v) is 6.74. The van der Waals surface area contributed by atoms with E-state index >= 15 is 0 Å². The molecule has 0 spiro atoms. The van der Waals surface area contributed by atoms with Crippen molar-refractivity contribution in [2.75, 3.05) is 13.7 Å². The molecule has 0 aliphatic carbocycles. The van der Waals surface area contributed by atoms with E-state index in [0.29, 0.717) is 6.54 Å². The highest BCUT2D eigenvalue weighted by molar-refractivity contribution is 7.10. The van der Waals surface area contributed by atoms with Crippen LogP contribution in [0.1, 0.15) is 23.4 Å². The molecule has 4 rings (SSSR count). The van der Waals surface area contributed by atoms with Gasteiger partial charge >= 0.3 is 5.97 Å². The van der Waals surface area contributed by atoms with Gasteiger partial charge in [-0.1, -0.05) is 36.4 Å². The summed E-state index contributed by atoms with van der Waals surface area (Å²) in [6, 6.07) is 13.0. The molecule has 2 aliphatic heterocycles. The zero-order valence-corrected chi connectivity index (χ0v) is 16.6. The maximum atomic E-state index is 13.2. The van der Waals surface area contributed by atoms with Gasteiger partial charge in [0.1, 0.15) is 5.54 Å². The topological polar surface area (TPSA) is 75.7 Å². The highest BCUT2D eigenvalue weighted by Gasteiger charge is 2.68. The monoisotopic (exact) mass is 398 g/mol. The Balaban J connectivity index is 1.86. The number of hydrogen-bond donors (Lipinski definition) is 1. The number of amides is 2. The van der Waals surface area contributed by atoms with Crippen LogP contribution in [0.5, 0.6) is 0 Å². The lowest BCUT2D eigenvalue weighted by Gasteiger charge is -2.32. The number of carbonyl (C=O) groups excluding carboxylic acids is 3. The highest BCUT2D eigenvalue weighted by Crippen LogP contribution is 2.50. The van der Waals surface area contributed by atoms with Crippen LogP contribution in [-0.2, 0) is 25.5 Å². The van der Waals surface area contributed by atoms with Crippen LogP contribution in [0.4, 0.5) is 0 Å². The Morgan fingerprint density at radius 3 is 2.54 bits per heavy atom. The summed E-state index contributed by atoms with van der Waals surface area (Å²) in [6.07, 6.45) is 0.278. The first-order valence-electron chi connectivity index (χ1n) is 9.32. The molecule has 28 heavy (non-hydrogen) atoms. The second-order valence-corrected chi connectivity index (χ2v) is 8.17. The SMILES string of the molecule is CCN1C(=O)C2C(c3cccs3)NC(Cc3ccccc3)(C(=O)OC)C2C1=O. The molecule has 1 aromatic heterocycles. The third kappa shape index (κ3) is 2.69. The maximum absolute atomic E-state index is 13.2. The first-order chi connectivity index (χ1) is 13.5. The highest BCUT2D eigenvalue weighted by atomic mass is 32.1. The van der Waals surface area contributed by atoms with Crippen LogP contribution in [0.25, 0.3) is 0 Å². The van der Waals surface area contributed by atoms with Crippen molar-refractivity contribution in [3.05, 3.63) is 58.3 Å². The number of likely N-dealkylation sites (tertiary alicyclic amines) is 1. The summed E-state index contributed by atoms with van der Waals surface area (Å²) >= 11 is 1.51. The van der Waals surface area contributed by atoms with Crippen LogP contribution >= 0.6 is 11.3 Å². The molecule has 6 nitrogen and oxygen atoms in total. The molecular weight excluding hydrogens is 376 g/mol. The molecule has 1 aromatic carbocycles. The zero-order valence-electron chi connectivity index (χ0n) is 15.8. The molecule has 146 valence electrons. The van der Waals surface area contributed by atoms with Crippen LogP contribution in [-0.4, -0.2) is 41.9 Å². The van der Waals surface area contributed by atoms with Crippen molar-refractivity contribution in [1.82, 2.24) is 10.2 Å². The summed E-state index contributed by atoms with van der Waals surface area (Å²) < 4.78 is 5.16. The number of nitrogens with one attached hydrogen (secondary N) is 1. The summed E-state index contributed by atoms with van der Waals surface area (Å²) in [4.78, 5) is 41.6. The number of imide groups is 1. The number of thiophene rings is 1. The zero-order chi connectivity index (χ0) is 19.9. The minimum absolute atomic E-state index is 0.220. The molecule has 0 saturated carbocycles. The summed E-state index contributed by atoms with van der Waals surface area (Å²) in [5.74, 6) is -2.44. The Morgan fingerprint density at radius 1 is 1.18 bits per heavy atom. The van der Waals surface area contributed by atoms with Crippen LogP contribution < -0.4 is 5.32 Å². The minimum atomic E-state index is -1.29. The van der Waals surface area contributed by atoms with Crippen molar-refractivity contribution in [3.8, 4) is 0 Å². The van der Waals surface area contributed by atoms with Gasteiger partial charge in [0.05, 0.1) is 25.0 Å². The number of carbonyl (C=O) groups is 3. The second-order valence-electron chi connectivity index (χ2n) is 7.19. The third-order valence-electron chi connectivity index (χ3n) is 5.79. The van der Waals surface area contributed by atoms with E-state index in [2.05, 4.69) is 5.32 Å². The minimum Gasteiger partial charge on any atom is -0.468 e. The average Bonchev–Trinajstić information content (AvgIpc) is 3.40. The number of methoxy groups -OCH3 is 1. The largest absolute Gasteiger partial charge is 0.468 e. The Morgan fingerprint density at radius 2 is 1.93 bits per heavy atom. The van der Waals surface area contributed by atoms with Crippen LogP contribution in [0.2, 0.25) is 0 Å². The summed E-state index contributed by atoms with van der Waals surface area (Å²) in [5.41, 5.74) is -0.382. The Bertz CT molecular complexity index is 898. The van der Waals surface area contributed by atoms with Gasteiger partial charge in [-0.05, 0) is 23.9 Å². The predicted octanol–water partition coefficient (Wildman–Crippen LogP) is 2.17. The predicted molar refractivity (Wildman–Crippen MR) is 104 cm³/mol. The molecule has 3 heterocycles. The van der Waals surface area contributed by atoms with Gasteiger partial charge in [0.2, 0.25) is 11.8 Å². The Kier molecular flexibility index (Phi) is 4.81. The normalized spacial score (nSPS) is 29.2. The molecule has 4 atom stereocenters. The van der Waals surface area contributed by atoms with Gasteiger partial charge < -0.3 is 4.74 Å². The van der Waals surface area contributed by atoms with Crippen molar-refractivity contribution in [2.24, 2.45) is 11.8 Å². The van der Waals surface area contributed by atoms with Crippen LogP contribution in [0.15, 0.2) is 47.8 Å². The second kappa shape index (κ2) is 7.14. The smallest absolute Gasteiger partial charge is 0.327 e. The van der Waals surface area contributed by atoms with Crippen molar-refractivity contribution >= 4 is 29.1 Å². The molecule has 2 amide bonds. The quantitative estimate of drug-likeness (QED) is 0.617. The number of esters is 1. The van der Waals surface area contributed by atoms with E-state index in [1.165, 1.54) is 23.3 Å². The first kappa shape index (κ1) is 18.8. The molecule has 4 unspecified atom stereocenters. The molecule has 2 aliphatic rings. The Hall–Kier alpha value is -2.51. The standard InChI is InChI=1S/C21H22N2O4S/c1-3-23-18(24)15-16(19(23)25)21(20(26)27-2,12-13-8-5-4-6-9-13)22-17(15)14-10-7-11-28-14/h4-11,15-17,22H,3,12H2,1-2H3. The van der Waals surface area contributed by atoms with Crippen LogP contribution in [0, 0.1) is 11.8 Å². The van der Waals surface area contributed by atoms with Gasteiger partial charge in [-0.25, -0.2) is 0 Å². The fourth-order valence-corrected chi connectivity index (χ4v) is 5.43. The summed E-state index contributed by atoms with van der Waals surface area (Å²) in [6.45, 7) is 2.08. The molecule has 0 radical (unpaired) electrons. The maximum Gasteiger partial charge on any atom is 0.327 e. The number of benzene rings is 1. The van der Waals surface area contributed by atoms with Gasteiger partial charge in [0.15, 0.2) is 0 Å². The molecule has 2 fully saturated rings. The lowest BCUT2D eigenvalue weighted by atomic mass is 9.76. The average molecular weight is 398 g/mol. The van der Waals surface area contributed by atoms with Gasteiger partial charge in [0, 0.05) is 17.8 Å². The van der Waals surface area contributed by atoms with E-state index in [1.807, 2.05) is 47.8 Å². The molecule has 2 saturated heterocycles. The molecule has 0 bridgehead atoms. The van der Waals surface area contributed by atoms with Gasteiger partial charge in [-0.2, -0.15) is 0 Å². The van der Waals surface area contributed by atoms with Crippen molar-refractivity contribution in [2.45, 2.75) is 24.9 Å². The number of nitrogens with zero attached hydrogens (tertiary/aromatic N) is 1. The van der Waals surface area contributed by atoms with Crippen molar-refractivity contribution in [3.63, 3.8) is 0 Å². The fourth-order valence-electron chi connectivity index (χ4n) is 4.61. The lowest BCUT2D eigenvalue weighted by Crippen LogP contribution is -2.57. The van der Waals surface area contributed by atoms with Crippen molar-refractivity contribution < 1.29 is 19.1 Å². The van der Waals surface area contributed by atoms with Crippen LogP contribution in [0.3, 0.4) is 0 Å². The van der Waals surface area contributed by atoms with Gasteiger partial charge in [0.25, 0.3) is 0 Å². The molecule has 2 aromatic rings.